The minimum atomic E-state index is -0.0926. The van der Waals surface area contributed by atoms with Crippen LogP contribution in [0.15, 0.2) is 0 Å². The Labute approximate surface area is 168 Å². The summed E-state index contributed by atoms with van der Waals surface area (Å²) in [6, 6.07) is 0. The lowest BCUT2D eigenvalue weighted by molar-refractivity contribution is -0.148. The quantitative estimate of drug-likeness (QED) is 0.369. The molecule has 3 aliphatic rings. The monoisotopic (exact) mass is 396 g/mol. The summed E-state index contributed by atoms with van der Waals surface area (Å²) in [4.78, 5) is 23.4. The largest absolute Gasteiger partial charge is 0.463 e. The van der Waals surface area contributed by atoms with Gasteiger partial charge in [0.2, 0.25) is 0 Å². The molecule has 3 saturated carbocycles. The third kappa shape index (κ3) is 7.70. The second kappa shape index (κ2) is 11.8. The summed E-state index contributed by atoms with van der Waals surface area (Å²) in [7, 11) is 0. The van der Waals surface area contributed by atoms with Gasteiger partial charge in [0.1, 0.15) is 13.2 Å². The molecule has 0 amide bonds. The first-order valence-corrected chi connectivity index (χ1v) is 11.2. The van der Waals surface area contributed by atoms with Gasteiger partial charge in [-0.25, -0.2) is 0 Å². The second-order valence-electron chi connectivity index (χ2n) is 8.60. The van der Waals surface area contributed by atoms with E-state index < -0.39 is 0 Å². The molecule has 0 aromatic heterocycles. The Morgan fingerprint density at radius 3 is 1.43 bits per heavy atom. The molecule has 6 heteroatoms. The third-order valence-electron chi connectivity index (χ3n) is 6.34. The van der Waals surface area contributed by atoms with E-state index in [-0.39, 0.29) is 24.1 Å². The van der Waals surface area contributed by atoms with Crippen LogP contribution in [0.2, 0.25) is 0 Å². The van der Waals surface area contributed by atoms with Crippen LogP contribution in [-0.4, -0.2) is 50.6 Å². The predicted octanol–water partition coefficient (Wildman–Crippen LogP) is 3.80. The fraction of sp³-hybridized carbons (Fsp3) is 0.909. The molecule has 0 heterocycles. The maximum absolute atomic E-state index is 11.7. The molecule has 0 bridgehead atoms. The Morgan fingerprint density at radius 2 is 1.04 bits per heavy atom. The average molecular weight is 397 g/mol. The molecule has 28 heavy (non-hydrogen) atoms. The zero-order valence-corrected chi connectivity index (χ0v) is 17.1. The van der Waals surface area contributed by atoms with Crippen molar-refractivity contribution in [3.8, 4) is 0 Å². The zero-order chi connectivity index (χ0) is 19.6. The Bertz CT molecular complexity index is 443. The fourth-order valence-electron chi connectivity index (χ4n) is 4.13. The van der Waals surface area contributed by atoms with Crippen LogP contribution in [0.5, 0.6) is 0 Å². The number of carbonyl (C=O) groups is 2. The summed E-state index contributed by atoms with van der Waals surface area (Å²) in [5, 5.41) is 0. The van der Waals surface area contributed by atoms with Crippen molar-refractivity contribution in [1.29, 1.82) is 0 Å². The first kappa shape index (κ1) is 21.6. The number of carbonyl (C=O) groups excluding carboxylic acids is 2. The van der Waals surface area contributed by atoms with E-state index in [0.29, 0.717) is 51.1 Å². The van der Waals surface area contributed by atoms with Gasteiger partial charge in [0.05, 0.1) is 25.4 Å². The highest BCUT2D eigenvalue weighted by molar-refractivity contribution is 5.70. The molecule has 0 radical (unpaired) electrons. The highest BCUT2D eigenvalue weighted by atomic mass is 16.6. The van der Waals surface area contributed by atoms with Crippen molar-refractivity contribution in [3.63, 3.8) is 0 Å². The van der Waals surface area contributed by atoms with Crippen molar-refractivity contribution in [2.45, 2.75) is 89.3 Å². The summed E-state index contributed by atoms with van der Waals surface area (Å²) in [6.45, 7) is 1.58. The van der Waals surface area contributed by atoms with Gasteiger partial charge in [-0.1, -0.05) is 12.8 Å². The summed E-state index contributed by atoms with van der Waals surface area (Å²) in [6.07, 6.45) is 12.5. The first-order valence-electron chi connectivity index (χ1n) is 11.2. The Kier molecular flexibility index (Phi) is 9.06. The highest BCUT2D eigenvalue weighted by Crippen LogP contribution is 2.30. The van der Waals surface area contributed by atoms with Gasteiger partial charge in [-0.15, -0.1) is 0 Å². The number of hydrogen-bond donors (Lipinski definition) is 0. The van der Waals surface area contributed by atoms with Crippen LogP contribution >= 0.6 is 0 Å². The molecule has 0 spiro atoms. The molecule has 2 atom stereocenters. The van der Waals surface area contributed by atoms with E-state index in [9.17, 15) is 9.59 Å². The van der Waals surface area contributed by atoms with Crippen LogP contribution in [0.1, 0.15) is 77.0 Å². The number of hydrogen-bond acceptors (Lipinski definition) is 6. The van der Waals surface area contributed by atoms with Gasteiger partial charge >= 0.3 is 11.9 Å². The first-order chi connectivity index (χ1) is 13.7. The van der Waals surface area contributed by atoms with Crippen molar-refractivity contribution in [2.24, 2.45) is 11.8 Å². The third-order valence-corrected chi connectivity index (χ3v) is 6.34. The molecule has 0 aromatic carbocycles. The summed E-state index contributed by atoms with van der Waals surface area (Å²) in [5.74, 6) is 0.902. The lowest BCUT2D eigenvalue weighted by Gasteiger charge is -2.29. The molecule has 0 aliphatic heterocycles. The maximum atomic E-state index is 11.7. The van der Waals surface area contributed by atoms with Crippen LogP contribution in [0.3, 0.4) is 0 Å². The zero-order valence-electron chi connectivity index (χ0n) is 17.1. The molecule has 160 valence electrons. The molecular formula is C22H36O6. The minimum Gasteiger partial charge on any atom is -0.463 e. The number of ether oxygens (including phenoxy) is 4. The van der Waals surface area contributed by atoms with E-state index in [1.807, 2.05) is 0 Å². The number of rotatable bonds is 12. The Hall–Kier alpha value is -1.14. The van der Waals surface area contributed by atoms with Gasteiger partial charge in [-0.05, 0) is 63.2 Å². The fourth-order valence-corrected chi connectivity index (χ4v) is 4.13. The second-order valence-corrected chi connectivity index (χ2v) is 8.60. The van der Waals surface area contributed by atoms with Crippen LogP contribution in [0, 0.1) is 11.8 Å². The van der Waals surface area contributed by atoms with E-state index in [4.69, 9.17) is 18.9 Å². The molecule has 2 unspecified atom stereocenters. The standard InChI is InChI=1S/C22H36O6/c23-21(14-17-4-1-5-17)27-12-10-25-19-8-3-9-20(16-19)26-11-13-28-22(24)15-18-6-2-7-18/h17-20H,1-16H2. The van der Waals surface area contributed by atoms with E-state index in [1.54, 1.807) is 0 Å². The van der Waals surface area contributed by atoms with Crippen molar-refractivity contribution in [3.05, 3.63) is 0 Å². The van der Waals surface area contributed by atoms with E-state index in [0.717, 1.165) is 51.4 Å². The average Bonchev–Trinajstić information content (AvgIpc) is 2.62. The molecule has 0 saturated heterocycles. The summed E-state index contributed by atoms with van der Waals surface area (Å²) < 4.78 is 22.3. The molecule has 0 aromatic rings. The van der Waals surface area contributed by atoms with Crippen molar-refractivity contribution < 1.29 is 28.5 Å². The Balaban J connectivity index is 1.18. The van der Waals surface area contributed by atoms with Crippen molar-refractivity contribution in [1.82, 2.24) is 0 Å². The maximum Gasteiger partial charge on any atom is 0.306 e. The normalized spacial score (nSPS) is 25.6. The highest BCUT2D eigenvalue weighted by Gasteiger charge is 2.24. The molecular weight excluding hydrogens is 360 g/mol. The molecule has 3 fully saturated rings. The lowest BCUT2D eigenvalue weighted by atomic mass is 9.83. The van der Waals surface area contributed by atoms with Gasteiger partial charge < -0.3 is 18.9 Å². The smallest absolute Gasteiger partial charge is 0.306 e. The van der Waals surface area contributed by atoms with Crippen LogP contribution < -0.4 is 0 Å². The molecule has 0 N–H and O–H groups in total. The molecule has 6 nitrogen and oxygen atoms in total. The molecule has 3 aliphatic carbocycles. The molecule has 3 rings (SSSR count). The van der Waals surface area contributed by atoms with E-state index in [2.05, 4.69) is 0 Å². The Morgan fingerprint density at radius 1 is 0.607 bits per heavy atom. The van der Waals surface area contributed by atoms with Gasteiger partial charge in [0.15, 0.2) is 0 Å². The van der Waals surface area contributed by atoms with Gasteiger partial charge in [0, 0.05) is 12.8 Å². The van der Waals surface area contributed by atoms with Crippen LogP contribution in [0.25, 0.3) is 0 Å². The summed E-state index contributed by atoms with van der Waals surface area (Å²) in [5.41, 5.74) is 0. The number of esters is 2. The lowest BCUT2D eigenvalue weighted by Crippen LogP contribution is -2.30. The van der Waals surface area contributed by atoms with E-state index in [1.165, 1.54) is 12.8 Å². The van der Waals surface area contributed by atoms with Gasteiger partial charge in [-0.2, -0.15) is 0 Å². The SMILES string of the molecule is O=C(CC1CCC1)OCCOC1CCCC(OCCOC(=O)CC2CCC2)C1. The minimum absolute atomic E-state index is 0.0926. The topological polar surface area (TPSA) is 71.1 Å². The van der Waals surface area contributed by atoms with Crippen molar-refractivity contribution in [2.75, 3.05) is 26.4 Å². The summed E-state index contributed by atoms with van der Waals surface area (Å²) >= 11 is 0. The van der Waals surface area contributed by atoms with Gasteiger partial charge in [0.25, 0.3) is 0 Å². The van der Waals surface area contributed by atoms with Crippen molar-refractivity contribution >= 4 is 11.9 Å². The predicted molar refractivity (Wildman–Crippen MR) is 104 cm³/mol. The van der Waals surface area contributed by atoms with Crippen LogP contribution in [0.4, 0.5) is 0 Å². The van der Waals surface area contributed by atoms with Gasteiger partial charge in [-0.3, -0.25) is 9.59 Å². The van der Waals surface area contributed by atoms with E-state index >= 15 is 0 Å². The van der Waals surface area contributed by atoms with Crippen LogP contribution in [-0.2, 0) is 28.5 Å².